The van der Waals surface area contributed by atoms with Gasteiger partial charge in [-0.3, -0.25) is 4.79 Å². The number of thiophene rings is 2. The molecule has 2 rings (SSSR count). The quantitative estimate of drug-likeness (QED) is 0.600. The standard InChI is InChI=1S/C15H18N2OS2/c1-2-7-16-10-15(18)17(11-13-5-3-8-19-13)12-14-6-4-9-20-14/h2-6,8-9,16H,1,7,10-12H2. The fraction of sp³-hybridized carbons (Fsp3) is 0.267. The molecule has 1 N–H and O–H groups in total. The highest BCUT2D eigenvalue weighted by molar-refractivity contribution is 7.10. The van der Waals surface area contributed by atoms with Crippen LogP contribution >= 0.6 is 22.7 Å². The second kappa shape index (κ2) is 7.99. The van der Waals surface area contributed by atoms with Gasteiger partial charge in [0.2, 0.25) is 5.91 Å². The summed E-state index contributed by atoms with van der Waals surface area (Å²) in [5.41, 5.74) is 0. The van der Waals surface area contributed by atoms with Crippen LogP contribution in [0.2, 0.25) is 0 Å². The minimum Gasteiger partial charge on any atom is -0.331 e. The Kier molecular flexibility index (Phi) is 5.98. The summed E-state index contributed by atoms with van der Waals surface area (Å²) in [5.74, 6) is 0.119. The van der Waals surface area contributed by atoms with Gasteiger partial charge >= 0.3 is 0 Å². The largest absolute Gasteiger partial charge is 0.331 e. The van der Waals surface area contributed by atoms with E-state index in [1.807, 2.05) is 27.8 Å². The summed E-state index contributed by atoms with van der Waals surface area (Å²) < 4.78 is 0. The van der Waals surface area contributed by atoms with Gasteiger partial charge in [0, 0.05) is 16.3 Å². The Morgan fingerprint density at radius 1 is 1.20 bits per heavy atom. The van der Waals surface area contributed by atoms with Gasteiger partial charge in [-0.05, 0) is 22.9 Å². The number of amides is 1. The Labute approximate surface area is 127 Å². The Bertz CT molecular complexity index is 484. The van der Waals surface area contributed by atoms with Gasteiger partial charge in [-0.15, -0.1) is 29.3 Å². The molecule has 0 unspecified atom stereocenters. The summed E-state index contributed by atoms with van der Waals surface area (Å²) in [6.07, 6.45) is 1.76. The van der Waals surface area contributed by atoms with E-state index >= 15 is 0 Å². The highest BCUT2D eigenvalue weighted by Crippen LogP contribution is 2.17. The van der Waals surface area contributed by atoms with Crippen molar-refractivity contribution in [3.8, 4) is 0 Å². The molecular weight excluding hydrogens is 288 g/mol. The molecule has 0 fully saturated rings. The molecular formula is C15H18N2OS2. The monoisotopic (exact) mass is 306 g/mol. The third kappa shape index (κ3) is 4.59. The molecule has 0 aromatic carbocycles. The SMILES string of the molecule is C=CCNCC(=O)N(Cc1cccs1)Cc1cccs1. The second-order valence-corrected chi connectivity index (χ2v) is 6.39. The zero-order valence-electron chi connectivity index (χ0n) is 11.2. The number of nitrogens with zero attached hydrogens (tertiary/aromatic N) is 1. The summed E-state index contributed by atoms with van der Waals surface area (Å²) in [5, 5.41) is 7.15. The predicted molar refractivity (Wildman–Crippen MR) is 86.0 cm³/mol. The third-order valence-corrected chi connectivity index (χ3v) is 4.49. The number of hydrogen-bond acceptors (Lipinski definition) is 4. The van der Waals surface area contributed by atoms with Crippen LogP contribution in [0.3, 0.4) is 0 Å². The zero-order chi connectivity index (χ0) is 14.2. The smallest absolute Gasteiger partial charge is 0.237 e. The molecule has 0 radical (unpaired) electrons. The van der Waals surface area contributed by atoms with Crippen LogP contribution in [-0.4, -0.2) is 23.9 Å². The van der Waals surface area contributed by atoms with Crippen LogP contribution in [0.5, 0.6) is 0 Å². The van der Waals surface area contributed by atoms with Crippen molar-refractivity contribution < 1.29 is 4.79 Å². The molecule has 106 valence electrons. The first kappa shape index (κ1) is 15.0. The van der Waals surface area contributed by atoms with Gasteiger partial charge in [0.25, 0.3) is 0 Å². The maximum atomic E-state index is 12.3. The highest BCUT2D eigenvalue weighted by Gasteiger charge is 2.15. The van der Waals surface area contributed by atoms with Gasteiger partial charge in [0.05, 0.1) is 19.6 Å². The minimum atomic E-state index is 0.119. The molecule has 2 aromatic heterocycles. The van der Waals surface area contributed by atoms with Gasteiger partial charge in [-0.2, -0.15) is 0 Å². The number of carbonyl (C=O) groups excluding carboxylic acids is 1. The molecule has 2 heterocycles. The lowest BCUT2D eigenvalue weighted by Crippen LogP contribution is -2.37. The summed E-state index contributed by atoms with van der Waals surface area (Å²) in [4.78, 5) is 16.6. The molecule has 2 aromatic rings. The van der Waals surface area contributed by atoms with E-state index in [2.05, 4.69) is 24.0 Å². The summed E-state index contributed by atoms with van der Waals surface area (Å²) in [6, 6.07) is 8.17. The van der Waals surface area contributed by atoms with Crippen molar-refractivity contribution >= 4 is 28.6 Å². The van der Waals surface area contributed by atoms with Crippen molar-refractivity contribution in [3.05, 3.63) is 57.4 Å². The van der Waals surface area contributed by atoms with E-state index in [4.69, 9.17) is 0 Å². The fourth-order valence-electron chi connectivity index (χ4n) is 1.81. The molecule has 0 saturated carbocycles. The molecule has 0 spiro atoms. The number of nitrogens with one attached hydrogen (secondary N) is 1. The first-order chi connectivity index (χ1) is 9.79. The molecule has 1 amide bonds. The van der Waals surface area contributed by atoms with Crippen LogP contribution in [0.25, 0.3) is 0 Å². The average Bonchev–Trinajstić information content (AvgIpc) is 3.11. The summed E-state index contributed by atoms with van der Waals surface area (Å²) >= 11 is 3.37. The second-order valence-electron chi connectivity index (χ2n) is 4.33. The van der Waals surface area contributed by atoms with Gasteiger partial charge in [0.1, 0.15) is 0 Å². The van der Waals surface area contributed by atoms with Crippen molar-refractivity contribution in [2.75, 3.05) is 13.1 Å². The fourth-order valence-corrected chi connectivity index (χ4v) is 3.25. The van der Waals surface area contributed by atoms with Crippen molar-refractivity contribution in [1.82, 2.24) is 10.2 Å². The zero-order valence-corrected chi connectivity index (χ0v) is 12.9. The van der Waals surface area contributed by atoms with Crippen LogP contribution < -0.4 is 5.32 Å². The molecule has 0 saturated heterocycles. The van der Waals surface area contributed by atoms with Crippen molar-refractivity contribution in [2.24, 2.45) is 0 Å². The lowest BCUT2D eigenvalue weighted by molar-refractivity contribution is -0.131. The van der Waals surface area contributed by atoms with Crippen molar-refractivity contribution in [1.29, 1.82) is 0 Å². The van der Waals surface area contributed by atoms with Gasteiger partial charge in [-0.25, -0.2) is 0 Å². The van der Waals surface area contributed by atoms with E-state index in [9.17, 15) is 4.79 Å². The van der Waals surface area contributed by atoms with E-state index < -0.39 is 0 Å². The molecule has 0 aliphatic heterocycles. The lowest BCUT2D eigenvalue weighted by atomic mass is 10.3. The normalized spacial score (nSPS) is 10.4. The van der Waals surface area contributed by atoms with E-state index in [-0.39, 0.29) is 5.91 Å². The minimum absolute atomic E-state index is 0.119. The maximum absolute atomic E-state index is 12.3. The van der Waals surface area contributed by atoms with Crippen molar-refractivity contribution in [2.45, 2.75) is 13.1 Å². The summed E-state index contributed by atoms with van der Waals surface area (Å²) in [6.45, 7) is 5.98. The Hall–Kier alpha value is -1.43. The van der Waals surface area contributed by atoms with Crippen molar-refractivity contribution in [3.63, 3.8) is 0 Å². The van der Waals surface area contributed by atoms with Gasteiger partial charge < -0.3 is 10.2 Å². The topological polar surface area (TPSA) is 32.3 Å². The number of carbonyl (C=O) groups is 1. The highest BCUT2D eigenvalue weighted by atomic mass is 32.1. The third-order valence-electron chi connectivity index (χ3n) is 2.77. The van der Waals surface area contributed by atoms with E-state index in [1.165, 1.54) is 9.75 Å². The molecule has 3 nitrogen and oxygen atoms in total. The van der Waals surface area contributed by atoms with E-state index in [0.717, 1.165) is 0 Å². The van der Waals surface area contributed by atoms with Gasteiger partial charge in [-0.1, -0.05) is 18.2 Å². The van der Waals surface area contributed by atoms with Crippen LogP contribution in [0.1, 0.15) is 9.75 Å². The molecule has 0 bridgehead atoms. The number of rotatable bonds is 8. The lowest BCUT2D eigenvalue weighted by Gasteiger charge is -2.21. The predicted octanol–water partition coefficient (Wildman–Crippen LogP) is 3.11. The van der Waals surface area contributed by atoms with Gasteiger partial charge in [0.15, 0.2) is 0 Å². The molecule has 0 aliphatic carbocycles. The molecule has 0 aliphatic rings. The first-order valence-corrected chi connectivity index (χ1v) is 8.19. The van der Waals surface area contributed by atoms with Crippen LogP contribution in [0.4, 0.5) is 0 Å². The summed E-state index contributed by atoms with van der Waals surface area (Å²) in [7, 11) is 0. The molecule has 20 heavy (non-hydrogen) atoms. The Morgan fingerprint density at radius 2 is 1.80 bits per heavy atom. The Balaban J connectivity index is 1.98. The van der Waals surface area contributed by atoms with Crippen LogP contribution in [0, 0.1) is 0 Å². The number of hydrogen-bond donors (Lipinski definition) is 1. The van der Waals surface area contributed by atoms with E-state index in [0.29, 0.717) is 26.2 Å². The molecule has 0 atom stereocenters. The Morgan fingerprint density at radius 3 is 2.25 bits per heavy atom. The average molecular weight is 306 g/mol. The first-order valence-electron chi connectivity index (χ1n) is 6.43. The maximum Gasteiger partial charge on any atom is 0.237 e. The van der Waals surface area contributed by atoms with Crippen LogP contribution in [0.15, 0.2) is 47.7 Å². The van der Waals surface area contributed by atoms with E-state index in [1.54, 1.807) is 28.7 Å². The van der Waals surface area contributed by atoms with Crippen LogP contribution in [-0.2, 0) is 17.9 Å². The molecule has 5 heteroatoms.